The van der Waals surface area contributed by atoms with Gasteiger partial charge in [0.05, 0.1) is 11.1 Å². The second-order valence-corrected chi connectivity index (χ2v) is 5.91. The van der Waals surface area contributed by atoms with Crippen molar-refractivity contribution in [1.82, 2.24) is 10.3 Å². The standard InChI is InChI=1S/C13H18BrN3O/c1-9-10(14)4-5-11(16-9)17-12(18)13(2)6-3-7-15-8-13/h4-5,15H,3,6-8H2,1-2H3,(H,16,17,18). The van der Waals surface area contributed by atoms with E-state index in [-0.39, 0.29) is 11.3 Å². The average molecular weight is 312 g/mol. The van der Waals surface area contributed by atoms with E-state index >= 15 is 0 Å². The van der Waals surface area contributed by atoms with Crippen LogP contribution in [0.4, 0.5) is 5.82 Å². The predicted octanol–water partition coefficient (Wildman–Crippen LogP) is 2.48. The van der Waals surface area contributed by atoms with Gasteiger partial charge in [-0.1, -0.05) is 0 Å². The number of nitrogens with one attached hydrogen (secondary N) is 2. The summed E-state index contributed by atoms with van der Waals surface area (Å²) in [5.41, 5.74) is 0.542. The smallest absolute Gasteiger partial charge is 0.232 e. The van der Waals surface area contributed by atoms with E-state index in [1.54, 1.807) is 0 Å². The van der Waals surface area contributed by atoms with Crippen LogP contribution in [0.5, 0.6) is 0 Å². The van der Waals surface area contributed by atoms with Crippen LogP contribution in [0.1, 0.15) is 25.5 Å². The Morgan fingerprint density at radius 3 is 2.94 bits per heavy atom. The third-order valence-corrected chi connectivity index (χ3v) is 4.25. The molecule has 0 aromatic carbocycles. The number of piperidine rings is 1. The number of hydrogen-bond acceptors (Lipinski definition) is 3. The molecule has 0 aliphatic carbocycles. The maximum absolute atomic E-state index is 12.3. The Balaban J connectivity index is 2.08. The number of aromatic nitrogens is 1. The zero-order chi connectivity index (χ0) is 13.2. The van der Waals surface area contributed by atoms with Crippen molar-refractivity contribution >= 4 is 27.7 Å². The molecule has 4 nitrogen and oxygen atoms in total. The molecule has 1 saturated heterocycles. The number of aryl methyl sites for hydroxylation is 1. The van der Waals surface area contributed by atoms with E-state index in [0.29, 0.717) is 5.82 Å². The summed E-state index contributed by atoms with van der Waals surface area (Å²) >= 11 is 3.40. The monoisotopic (exact) mass is 311 g/mol. The lowest BCUT2D eigenvalue weighted by Crippen LogP contribution is -2.46. The number of carbonyl (C=O) groups is 1. The lowest BCUT2D eigenvalue weighted by atomic mass is 9.82. The molecule has 1 aliphatic rings. The fourth-order valence-corrected chi connectivity index (χ4v) is 2.35. The summed E-state index contributed by atoms with van der Waals surface area (Å²) < 4.78 is 0.950. The Morgan fingerprint density at radius 2 is 2.33 bits per heavy atom. The highest BCUT2D eigenvalue weighted by molar-refractivity contribution is 9.10. The van der Waals surface area contributed by atoms with E-state index in [2.05, 4.69) is 31.5 Å². The van der Waals surface area contributed by atoms with Gasteiger partial charge in [0, 0.05) is 11.0 Å². The van der Waals surface area contributed by atoms with Gasteiger partial charge >= 0.3 is 0 Å². The fraction of sp³-hybridized carbons (Fsp3) is 0.538. The summed E-state index contributed by atoms with van der Waals surface area (Å²) in [7, 11) is 0. The van der Waals surface area contributed by atoms with Crippen LogP contribution in [0.15, 0.2) is 16.6 Å². The Morgan fingerprint density at radius 1 is 1.56 bits per heavy atom. The van der Waals surface area contributed by atoms with Gasteiger partial charge in [0.15, 0.2) is 0 Å². The second kappa shape index (κ2) is 5.36. The zero-order valence-electron chi connectivity index (χ0n) is 10.7. The van der Waals surface area contributed by atoms with Crippen molar-refractivity contribution in [2.45, 2.75) is 26.7 Å². The fourth-order valence-electron chi connectivity index (χ4n) is 2.13. The first-order valence-electron chi connectivity index (χ1n) is 6.17. The number of hydrogen-bond donors (Lipinski definition) is 2. The predicted molar refractivity (Wildman–Crippen MR) is 75.5 cm³/mol. The minimum Gasteiger partial charge on any atom is -0.316 e. The molecular formula is C13H18BrN3O. The molecule has 2 N–H and O–H groups in total. The topological polar surface area (TPSA) is 54.0 Å². The number of pyridine rings is 1. The van der Waals surface area contributed by atoms with Gasteiger partial charge in [0.1, 0.15) is 5.82 Å². The highest BCUT2D eigenvalue weighted by Gasteiger charge is 2.34. The minimum atomic E-state index is -0.332. The molecule has 1 aromatic rings. The largest absolute Gasteiger partial charge is 0.316 e. The molecule has 1 atom stereocenters. The number of rotatable bonds is 2. The maximum atomic E-state index is 12.3. The van der Waals surface area contributed by atoms with Crippen LogP contribution in [0.3, 0.4) is 0 Å². The molecule has 0 spiro atoms. The van der Waals surface area contributed by atoms with Crippen molar-refractivity contribution in [3.63, 3.8) is 0 Å². The molecule has 0 saturated carbocycles. The van der Waals surface area contributed by atoms with Crippen LogP contribution < -0.4 is 10.6 Å². The van der Waals surface area contributed by atoms with Gasteiger partial charge in [0.25, 0.3) is 0 Å². The average Bonchev–Trinajstić information content (AvgIpc) is 2.35. The Labute approximate surface area is 116 Å². The van der Waals surface area contributed by atoms with E-state index in [1.165, 1.54) is 0 Å². The number of nitrogens with zero attached hydrogens (tertiary/aromatic N) is 1. The first kappa shape index (κ1) is 13.5. The Hall–Kier alpha value is -0.940. The molecular weight excluding hydrogens is 294 g/mol. The van der Waals surface area contributed by atoms with Crippen molar-refractivity contribution in [3.8, 4) is 0 Å². The van der Waals surface area contributed by atoms with E-state index in [4.69, 9.17) is 0 Å². The van der Waals surface area contributed by atoms with Gasteiger partial charge in [-0.15, -0.1) is 0 Å². The van der Waals surface area contributed by atoms with Crippen LogP contribution in [-0.2, 0) is 4.79 Å². The highest BCUT2D eigenvalue weighted by Crippen LogP contribution is 2.27. The van der Waals surface area contributed by atoms with Gasteiger partial charge < -0.3 is 10.6 Å². The third-order valence-electron chi connectivity index (χ3n) is 3.41. The van der Waals surface area contributed by atoms with E-state index in [0.717, 1.165) is 36.1 Å². The van der Waals surface area contributed by atoms with Crippen LogP contribution in [0, 0.1) is 12.3 Å². The number of carbonyl (C=O) groups excluding carboxylic acids is 1. The van der Waals surface area contributed by atoms with Gasteiger partial charge in [-0.25, -0.2) is 4.98 Å². The second-order valence-electron chi connectivity index (χ2n) is 5.06. The normalized spacial score (nSPS) is 23.7. The SMILES string of the molecule is Cc1nc(NC(=O)C2(C)CCCNC2)ccc1Br. The molecule has 1 unspecified atom stereocenters. The molecule has 1 aliphatic heterocycles. The summed E-state index contributed by atoms with van der Waals surface area (Å²) in [6, 6.07) is 3.72. The molecule has 2 rings (SSSR count). The molecule has 1 aromatic heterocycles. The molecule has 5 heteroatoms. The molecule has 0 radical (unpaired) electrons. The quantitative estimate of drug-likeness (QED) is 0.882. The summed E-state index contributed by atoms with van der Waals surface area (Å²) in [6.07, 6.45) is 1.96. The van der Waals surface area contributed by atoms with Crippen LogP contribution in [0.25, 0.3) is 0 Å². The van der Waals surface area contributed by atoms with Crippen molar-refractivity contribution in [1.29, 1.82) is 0 Å². The van der Waals surface area contributed by atoms with Gasteiger partial charge in [-0.3, -0.25) is 4.79 Å². The summed E-state index contributed by atoms with van der Waals surface area (Å²) in [4.78, 5) is 16.6. The molecule has 98 valence electrons. The lowest BCUT2D eigenvalue weighted by molar-refractivity contribution is -0.125. The van der Waals surface area contributed by atoms with E-state index < -0.39 is 0 Å². The Bertz CT molecular complexity index is 456. The molecule has 0 bridgehead atoms. The number of halogens is 1. The molecule has 1 fully saturated rings. The van der Waals surface area contributed by atoms with Crippen molar-refractivity contribution in [2.24, 2.45) is 5.41 Å². The van der Waals surface area contributed by atoms with Gasteiger partial charge in [0.2, 0.25) is 5.91 Å². The van der Waals surface area contributed by atoms with Crippen LogP contribution >= 0.6 is 15.9 Å². The molecule has 18 heavy (non-hydrogen) atoms. The third kappa shape index (κ3) is 2.90. The number of amides is 1. The van der Waals surface area contributed by atoms with Crippen molar-refractivity contribution in [2.75, 3.05) is 18.4 Å². The number of anilines is 1. The summed E-state index contributed by atoms with van der Waals surface area (Å²) in [5, 5.41) is 6.18. The van der Waals surface area contributed by atoms with Crippen molar-refractivity contribution in [3.05, 3.63) is 22.3 Å². The van der Waals surface area contributed by atoms with Crippen LogP contribution in [-0.4, -0.2) is 24.0 Å². The minimum absolute atomic E-state index is 0.0453. The lowest BCUT2D eigenvalue weighted by Gasteiger charge is -2.32. The van der Waals surface area contributed by atoms with E-state index in [1.807, 2.05) is 26.0 Å². The highest BCUT2D eigenvalue weighted by atomic mass is 79.9. The Kier molecular flexibility index (Phi) is 4.02. The van der Waals surface area contributed by atoms with Gasteiger partial charge in [-0.2, -0.15) is 0 Å². The maximum Gasteiger partial charge on any atom is 0.232 e. The van der Waals surface area contributed by atoms with Crippen LogP contribution in [0.2, 0.25) is 0 Å². The molecule has 1 amide bonds. The van der Waals surface area contributed by atoms with Crippen molar-refractivity contribution < 1.29 is 4.79 Å². The van der Waals surface area contributed by atoms with E-state index in [9.17, 15) is 4.79 Å². The first-order valence-corrected chi connectivity index (χ1v) is 6.96. The first-order chi connectivity index (χ1) is 8.51. The molecule has 2 heterocycles. The van der Waals surface area contributed by atoms with Gasteiger partial charge in [-0.05, 0) is 61.3 Å². The zero-order valence-corrected chi connectivity index (χ0v) is 12.3. The summed E-state index contributed by atoms with van der Waals surface area (Å²) in [6.45, 7) is 5.64. The summed E-state index contributed by atoms with van der Waals surface area (Å²) in [5.74, 6) is 0.663.